The molecule has 1 amide bonds. The zero-order valence-corrected chi connectivity index (χ0v) is 13.5. The van der Waals surface area contributed by atoms with Crippen molar-refractivity contribution in [1.29, 1.82) is 0 Å². The number of oxime groups is 1. The number of rotatable bonds is 5. The average molecular weight is 356 g/mol. The summed E-state index contributed by atoms with van der Waals surface area (Å²) in [7, 11) is 1.33. The molecule has 132 valence electrons. The van der Waals surface area contributed by atoms with Gasteiger partial charge in [-0.15, -0.1) is 0 Å². The highest BCUT2D eigenvalue weighted by atomic mass is 16.6. The molecule has 0 fully saturated rings. The third kappa shape index (κ3) is 2.95. The molecule has 0 saturated carbocycles. The lowest BCUT2D eigenvalue weighted by Crippen LogP contribution is -2.26. The van der Waals surface area contributed by atoms with E-state index in [0.29, 0.717) is 0 Å². The Hall–Kier alpha value is -3.82. The molecule has 10 heteroatoms. The SMILES string of the molecule is CN1C(=O)C(=NOCc2ccccc2)c2cc([N+](=O)[O-])cc([N+](=O)[O-])c21. The number of likely N-dealkylation sites (N-methyl/N-ethyl adjacent to an activating group) is 1. The van der Waals surface area contributed by atoms with Gasteiger partial charge in [0.2, 0.25) is 0 Å². The van der Waals surface area contributed by atoms with Crippen molar-refractivity contribution in [3.8, 4) is 0 Å². The molecular weight excluding hydrogens is 344 g/mol. The van der Waals surface area contributed by atoms with Gasteiger partial charge in [-0.2, -0.15) is 0 Å². The molecule has 0 aliphatic carbocycles. The Bertz CT molecular complexity index is 941. The third-order valence-corrected chi connectivity index (χ3v) is 3.81. The van der Waals surface area contributed by atoms with Crippen LogP contribution < -0.4 is 4.90 Å². The number of nitro benzene ring substituents is 2. The number of fused-ring (bicyclic) bond motifs is 1. The molecule has 2 aromatic carbocycles. The largest absolute Gasteiger partial charge is 0.390 e. The quantitative estimate of drug-likeness (QED) is 0.597. The van der Waals surface area contributed by atoms with Crippen LogP contribution in [-0.2, 0) is 16.2 Å². The van der Waals surface area contributed by atoms with Gasteiger partial charge < -0.3 is 9.74 Å². The van der Waals surface area contributed by atoms with Gasteiger partial charge >= 0.3 is 5.69 Å². The number of anilines is 1. The van der Waals surface area contributed by atoms with Crippen LogP contribution in [0.1, 0.15) is 11.1 Å². The second-order valence-electron chi connectivity index (χ2n) is 5.44. The van der Waals surface area contributed by atoms with E-state index in [1.54, 1.807) is 12.1 Å². The maximum Gasteiger partial charge on any atom is 0.300 e. The van der Waals surface area contributed by atoms with E-state index in [4.69, 9.17) is 4.84 Å². The van der Waals surface area contributed by atoms with Crippen LogP contribution in [0.25, 0.3) is 0 Å². The molecule has 10 nitrogen and oxygen atoms in total. The zero-order valence-electron chi connectivity index (χ0n) is 13.5. The second kappa shape index (κ2) is 6.59. The number of hydrogen-bond donors (Lipinski definition) is 0. The van der Waals surface area contributed by atoms with E-state index >= 15 is 0 Å². The van der Waals surface area contributed by atoms with Crippen molar-refractivity contribution in [1.82, 2.24) is 0 Å². The average Bonchev–Trinajstić information content (AvgIpc) is 2.86. The topological polar surface area (TPSA) is 128 Å². The van der Waals surface area contributed by atoms with E-state index in [1.807, 2.05) is 18.2 Å². The minimum Gasteiger partial charge on any atom is -0.390 e. The smallest absolute Gasteiger partial charge is 0.300 e. The first-order valence-electron chi connectivity index (χ1n) is 7.39. The zero-order chi connectivity index (χ0) is 18.8. The lowest BCUT2D eigenvalue weighted by atomic mass is 10.1. The maximum absolute atomic E-state index is 12.4. The molecule has 0 N–H and O–H groups in total. The fraction of sp³-hybridized carbons (Fsp3) is 0.125. The van der Waals surface area contributed by atoms with Crippen molar-refractivity contribution < 1.29 is 19.5 Å². The molecule has 0 aromatic heterocycles. The summed E-state index contributed by atoms with van der Waals surface area (Å²) >= 11 is 0. The number of carbonyl (C=O) groups is 1. The first-order valence-corrected chi connectivity index (χ1v) is 7.39. The van der Waals surface area contributed by atoms with Crippen molar-refractivity contribution in [2.24, 2.45) is 5.16 Å². The van der Waals surface area contributed by atoms with E-state index < -0.39 is 27.1 Å². The van der Waals surface area contributed by atoms with Gasteiger partial charge in [0.15, 0.2) is 5.71 Å². The third-order valence-electron chi connectivity index (χ3n) is 3.81. The molecule has 1 aliphatic heterocycles. The molecule has 0 saturated heterocycles. The van der Waals surface area contributed by atoms with E-state index in [1.165, 1.54) is 7.05 Å². The Morgan fingerprint density at radius 3 is 2.42 bits per heavy atom. The minimum absolute atomic E-state index is 0.00791. The van der Waals surface area contributed by atoms with Gasteiger partial charge in [-0.1, -0.05) is 35.5 Å². The summed E-state index contributed by atoms with van der Waals surface area (Å²) in [6, 6.07) is 10.9. The first-order chi connectivity index (χ1) is 12.4. The highest BCUT2D eigenvalue weighted by Gasteiger charge is 2.40. The summed E-state index contributed by atoms with van der Waals surface area (Å²) in [6.07, 6.45) is 0. The molecule has 1 aliphatic rings. The molecule has 0 bridgehead atoms. The van der Waals surface area contributed by atoms with Crippen LogP contribution in [0.2, 0.25) is 0 Å². The normalized spacial score (nSPS) is 14.4. The first kappa shape index (κ1) is 17.0. The lowest BCUT2D eigenvalue weighted by Gasteiger charge is -2.08. The summed E-state index contributed by atoms with van der Waals surface area (Å²) in [5.74, 6) is -0.642. The fourth-order valence-electron chi connectivity index (χ4n) is 2.59. The van der Waals surface area contributed by atoms with Crippen molar-refractivity contribution in [2.75, 3.05) is 11.9 Å². The van der Waals surface area contributed by atoms with Crippen molar-refractivity contribution in [3.05, 3.63) is 73.8 Å². The van der Waals surface area contributed by atoms with Gasteiger partial charge in [0.25, 0.3) is 11.6 Å². The summed E-state index contributed by atoms with van der Waals surface area (Å²) in [6.45, 7) is 0.0771. The van der Waals surface area contributed by atoms with Gasteiger partial charge in [0.1, 0.15) is 12.3 Å². The van der Waals surface area contributed by atoms with Crippen LogP contribution in [0.3, 0.4) is 0 Å². The second-order valence-corrected chi connectivity index (χ2v) is 5.44. The molecule has 2 aromatic rings. The number of nitrogens with zero attached hydrogens (tertiary/aromatic N) is 4. The molecule has 26 heavy (non-hydrogen) atoms. The highest BCUT2D eigenvalue weighted by Crippen LogP contribution is 2.40. The standard InChI is InChI=1S/C16H12N4O6/c1-18-15-12(7-11(19(22)23)8-13(15)20(24)25)14(16(18)21)17-26-9-10-5-3-2-4-6-10/h2-8H,9H2,1H3. The van der Waals surface area contributed by atoms with Crippen molar-refractivity contribution >= 4 is 28.7 Å². The number of carbonyl (C=O) groups excluding carboxylic acids is 1. The van der Waals surface area contributed by atoms with Crippen molar-refractivity contribution in [3.63, 3.8) is 0 Å². The molecule has 0 atom stereocenters. The van der Waals surface area contributed by atoms with Crippen LogP contribution in [0.15, 0.2) is 47.6 Å². The Labute approximate surface area is 146 Å². The van der Waals surface area contributed by atoms with Gasteiger partial charge in [-0.3, -0.25) is 25.0 Å². The Balaban J connectivity index is 2.02. The number of nitro groups is 2. The predicted molar refractivity (Wildman–Crippen MR) is 90.9 cm³/mol. The van der Waals surface area contributed by atoms with Crippen molar-refractivity contribution in [2.45, 2.75) is 6.61 Å². The highest BCUT2D eigenvalue weighted by molar-refractivity contribution is 6.54. The Kier molecular flexibility index (Phi) is 4.31. The fourth-order valence-corrected chi connectivity index (χ4v) is 2.59. The molecule has 0 radical (unpaired) electrons. The van der Waals surface area contributed by atoms with Gasteiger partial charge in [-0.05, 0) is 5.56 Å². The molecule has 0 unspecified atom stereocenters. The monoisotopic (exact) mass is 356 g/mol. The van der Waals surface area contributed by atoms with Crippen LogP contribution >= 0.6 is 0 Å². The summed E-state index contributed by atoms with van der Waals surface area (Å²) in [4.78, 5) is 39.4. The molecular formula is C16H12N4O6. The Morgan fingerprint density at radius 2 is 1.81 bits per heavy atom. The number of non-ortho nitro benzene ring substituents is 1. The van der Waals surface area contributed by atoms with E-state index in [9.17, 15) is 25.0 Å². The molecule has 1 heterocycles. The maximum atomic E-state index is 12.4. The van der Waals surface area contributed by atoms with Crippen LogP contribution in [0.4, 0.5) is 17.1 Å². The molecule has 0 spiro atoms. The number of amides is 1. The number of benzene rings is 2. The van der Waals surface area contributed by atoms with E-state index in [-0.39, 0.29) is 23.6 Å². The van der Waals surface area contributed by atoms with Crippen LogP contribution in [-0.4, -0.2) is 28.5 Å². The predicted octanol–water partition coefficient (Wildman–Crippen LogP) is 2.40. The summed E-state index contributed by atoms with van der Waals surface area (Å²) < 4.78 is 0. The Morgan fingerprint density at radius 1 is 1.12 bits per heavy atom. The minimum atomic E-state index is -0.774. The van der Waals surface area contributed by atoms with Crippen LogP contribution in [0.5, 0.6) is 0 Å². The van der Waals surface area contributed by atoms with E-state index in [0.717, 1.165) is 22.6 Å². The van der Waals surface area contributed by atoms with Gasteiger partial charge in [0.05, 0.1) is 15.9 Å². The number of hydrogen-bond acceptors (Lipinski definition) is 7. The molecule has 3 rings (SSSR count). The summed E-state index contributed by atoms with van der Waals surface area (Å²) in [5.41, 5.74) is -0.516. The van der Waals surface area contributed by atoms with Gasteiger partial charge in [0, 0.05) is 18.7 Å². The van der Waals surface area contributed by atoms with Gasteiger partial charge in [-0.25, -0.2) is 0 Å². The van der Waals surface area contributed by atoms with Crippen LogP contribution in [0, 0.1) is 20.2 Å². The van der Waals surface area contributed by atoms with E-state index in [2.05, 4.69) is 5.16 Å². The summed E-state index contributed by atoms with van der Waals surface area (Å²) in [5, 5.41) is 26.1. The lowest BCUT2D eigenvalue weighted by molar-refractivity contribution is -0.393.